The molecule has 2 N–H and O–H groups in total. The third-order valence-electron chi connectivity index (χ3n) is 1.85. The summed E-state index contributed by atoms with van der Waals surface area (Å²) < 4.78 is 25.6. The molecule has 0 bridgehead atoms. The molecule has 0 fully saturated rings. The second-order valence-corrected chi connectivity index (χ2v) is 6.58. The van der Waals surface area contributed by atoms with Crippen LogP contribution >= 0.6 is 15.9 Å². The number of hydrogen-bond acceptors (Lipinski definition) is 3. The van der Waals surface area contributed by atoms with E-state index in [2.05, 4.69) is 30.8 Å². The predicted molar refractivity (Wildman–Crippen MR) is 61.4 cm³/mol. The van der Waals surface area contributed by atoms with E-state index in [0.29, 0.717) is 11.4 Å². The summed E-state index contributed by atoms with van der Waals surface area (Å²) in [7, 11) is -3.37. The molecular weight excluding hydrogens is 282 g/mol. The zero-order valence-corrected chi connectivity index (χ0v) is 10.8. The standard InChI is InChI=1S/C8H14BrN3O2S/c1-7(9)3-2-4-12-15(13,14)8-5-10-11-6-8/h5-7,12H,2-4H2,1H3,(H,10,11). The van der Waals surface area contributed by atoms with Crippen LogP contribution in [0.2, 0.25) is 0 Å². The van der Waals surface area contributed by atoms with Gasteiger partial charge in [0.05, 0.1) is 6.20 Å². The highest BCUT2D eigenvalue weighted by Gasteiger charge is 2.13. The van der Waals surface area contributed by atoms with E-state index < -0.39 is 10.0 Å². The van der Waals surface area contributed by atoms with Crippen LogP contribution < -0.4 is 4.72 Å². The number of hydrogen-bond donors (Lipinski definition) is 2. The zero-order valence-electron chi connectivity index (χ0n) is 8.40. The van der Waals surface area contributed by atoms with E-state index in [1.54, 1.807) is 0 Å². The van der Waals surface area contributed by atoms with Crippen molar-refractivity contribution < 1.29 is 8.42 Å². The van der Waals surface area contributed by atoms with Crippen LogP contribution in [0.4, 0.5) is 0 Å². The summed E-state index contributed by atoms with van der Waals surface area (Å²) in [6.45, 7) is 2.48. The normalized spacial score (nSPS) is 14.0. The van der Waals surface area contributed by atoms with E-state index in [4.69, 9.17) is 0 Å². The van der Waals surface area contributed by atoms with Crippen molar-refractivity contribution in [3.8, 4) is 0 Å². The largest absolute Gasteiger partial charge is 0.284 e. The fraction of sp³-hybridized carbons (Fsp3) is 0.625. The molecular formula is C8H14BrN3O2S. The van der Waals surface area contributed by atoms with Gasteiger partial charge in [0.2, 0.25) is 10.0 Å². The number of aromatic amines is 1. The molecule has 0 saturated carbocycles. The molecule has 1 heterocycles. The van der Waals surface area contributed by atoms with E-state index in [9.17, 15) is 8.42 Å². The maximum Gasteiger partial charge on any atom is 0.243 e. The smallest absolute Gasteiger partial charge is 0.243 e. The molecule has 0 aliphatic heterocycles. The minimum absolute atomic E-state index is 0.175. The summed E-state index contributed by atoms with van der Waals surface area (Å²) in [5.74, 6) is 0. The Labute approximate surface area is 97.8 Å². The van der Waals surface area contributed by atoms with Crippen LogP contribution in [0, 0.1) is 0 Å². The van der Waals surface area contributed by atoms with Crippen LogP contribution in [0.5, 0.6) is 0 Å². The van der Waals surface area contributed by atoms with Crippen molar-refractivity contribution >= 4 is 26.0 Å². The number of halogens is 1. The quantitative estimate of drug-likeness (QED) is 0.613. The molecule has 0 amide bonds. The van der Waals surface area contributed by atoms with E-state index in [1.807, 2.05) is 6.92 Å². The monoisotopic (exact) mass is 295 g/mol. The molecule has 1 aromatic heterocycles. The molecule has 0 spiro atoms. The van der Waals surface area contributed by atoms with Crippen molar-refractivity contribution in [3.05, 3.63) is 12.4 Å². The highest BCUT2D eigenvalue weighted by molar-refractivity contribution is 9.09. The summed E-state index contributed by atoms with van der Waals surface area (Å²) in [6, 6.07) is 0. The Balaban J connectivity index is 2.39. The van der Waals surface area contributed by atoms with Crippen molar-refractivity contribution in [2.45, 2.75) is 29.5 Å². The van der Waals surface area contributed by atoms with Crippen molar-refractivity contribution in [1.82, 2.24) is 14.9 Å². The Morgan fingerprint density at radius 2 is 2.40 bits per heavy atom. The molecule has 0 aliphatic rings. The Morgan fingerprint density at radius 3 is 2.93 bits per heavy atom. The lowest BCUT2D eigenvalue weighted by Gasteiger charge is -2.05. The molecule has 1 rings (SSSR count). The summed E-state index contributed by atoms with van der Waals surface area (Å²) >= 11 is 3.40. The average molecular weight is 296 g/mol. The molecule has 86 valence electrons. The number of nitrogens with zero attached hydrogens (tertiary/aromatic N) is 1. The Kier molecular flexibility index (Phi) is 4.75. The van der Waals surface area contributed by atoms with E-state index in [-0.39, 0.29) is 4.90 Å². The molecule has 0 saturated heterocycles. The van der Waals surface area contributed by atoms with Gasteiger partial charge in [-0.15, -0.1) is 0 Å². The molecule has 15 heavy (non-hydrogen) atoms. The minimum atomic E-state index is -3.37. The summed E-state index contributed by atoms with van der Waals surface area (Å²) in [6.07, 6.45) is 4.39. The zero-order chi connectivity index (χ0) is 11.3. The summed E-state index contributed by atoms with van der Waals surface area (Å²) in [5, 5.41) is 6.06. The lowest BCUT2D eigenvalue weighted by atomic mass is 10.2. The van der Waals surface area contributed by atoms with E-state index in [1.165, 1.54) is 12.4 Å². The van der Waals surface area contributed by atoms with Crippen LogP contribution in [0.3, 0.4) is 0 Å². The molecule has 0 radical (unpaired) electrons. The van der Waals surface area contributed by atoms with Gasteiger partial charge in [-0.2, -0.15) is 5.10 Å². The van der Waals surface area contributed by atoms with Crippen molar-refractivity contribution in [3.63, 3.8) is 0 Å². The second-order valence-electron chi connectivity index (χ2n) is 3.25. The summed E-state index contributed by atoms with van der Waals surface area (Å²) in [5.41, 5.74) is 0. The lowest BCUT2D eigenvalue weighted by Crippen LogP contribution is -2.24. The Hall–Kier alpha value is -0.400. The highest BCUT2D eigenvalue weighted by atomic mass is 79.9. The van der Waals surface area contributed by atoms with Crippen molar-refractivity contribution in [2.75, 3.05) is 6.54 Å². The van der Waals surface area contributed by atoms with Crippen LogP contribution in [0.1, 0.15) is 19.8 Å². The van der Waals surface area contributed by atoms with Gasteiger partial charge in [-0.25, -0.2) is 13.1 Å². The third-order valence-corrected chi connectivity index (χ3v) is 3.74. The molecule has 0 aliphatic carbocycles. The molecule has 7 heteroatoms. The van der Waals surface area contributed by atoms with Gasteiger partial charge in [0, 0.05) is 17.6 Å². The van der Waals surface area contributed by atoms with Gasteiger partial charge < -0.3 is 0 Å². The second kappa shape index (κ2) is 5.62. The first kappa shape index (κ1) is 12.7. The lowest BCUT2D eigenvalue weighted by molar-refractivity contribution is 0.577. The molecule has 1 aromatic rings. The molecule has 1 unspecified atom stereocenters. The Morgan fingerprint density at radius 1 is 1.67 bits per heavy atom. The fourth-order valence-electron chi connectivity index (χ4n) is 1.06. The average Bonchev–Trinajstić information content (AvgIpc) is 2.65. The number of sulfonamides is 1. The third kappa shape index (κ3) is 4.31. The molecule has 1 atom stereocenters. The van der Waals surface area contributed by atoms with E-state index in [0.717, 1.165) is 12.8 Å². The number of H-pyrrole nitrogens is 1. The van der Waals surface area contributed by atoms with Gasteiger partial charge in [-0.05, 0) is 12.8 Å². The number of rotatable bonds is 6. The number of alkyl halides is 1. The molecule has 5 nitrogen and oxygen atoms in total. The fourth-order valence-corrected chi connectivity index (χ4v) is 2.36. The first-order valence-electron chi connectivity index (χ1n) is 4.65. The number of aromatic nitrogens is 2. The van der Waals surface area contributed by atoms with E-state index >= 15 is 0 Å². The van der Waals surface area contributed by atoms with Crippen LogP contribution in [-0.4, -0.2) is 30.0 Å². The highest BCUT2D eigenvalue weighted by Crippen LogP contribution is 2.07. The van der Waals surface area contributed by atoms with Crippen LogP contribution in [0.15, 0.2) is 17.3 Å². The van der Waals surface area contributed by atoms with Gasteiger partial charge in [-0.1, -0.05) is 22.9 Å². The van der Waals surface area contributed by atoms with Gasteiger partial charge >= 0.3 is 0 Å². The van der Waals surface area contributed by atoms with Crippen molar-refractivity contribution in [1.29, 1.82) is 0 Å². The Bertz CT molecular complexity index is 375. The maximum absolute atomic E-state index is 11.6. The SMILES string of the molecule is CC(Br)CCCNS(=O)(=O)c1cn[nH]c1. The maximum atomic E-state index is 11.6. The topological polar surface area (TPSA) is 74.8 Å². The van der Waals surface area contributed by atoms with Crippen LogP contribution in [-0.2, 0) is 10.0 Å². The van der Waals surface area contributed by atoms with Gasteiger partial charge in [0.1, 0.15) is 4.90 Å². The predicted octanol–water partition coefficient (Wildman–Crippen LogP) is 1.25. The molecule has 0 aromatic carbocycles. The number of nitrogens with one attached hydrogen (secondary N) is 2. The minimum Gasteiger partial charge on any atom is -0.284 e. The van der Waals surface area contributed by atoms with Gasteiger partial charge in [0.15, 0.2) is 0 Å². The summed E-state index contributed by atoms with van der Waals surface area (Å²) in [4.78, 5) is 0.588. The van der Waals surface area contributed by atoms with Crippen molar-refractivity contribution in [2.24, 2.45) is 0 Å². The van der Waals surface area contributed by atoms with Gasteiger partial charge in [0.25, 0.3) is 0 Å². The first-order chi connectivity index (χ1) is 7.02. The van der Waals surface area contributed by atoms with Gasteiger partial charge in [-0.3, -0.25) is 5.10 Å². The van der Waals surface area contributed by atoms with Crippen LogP contribution in [0.25, 0.3) is 0 Å². The first-order valence-corrected chi connectivity index (χ1v) is 7.05.